The quantitative estimate of drug-likeness (QED) is 0.363. The molecular weight excluding hydrogens is 262 g/mol. The van der Waals surface area contributed by atoms with Crippen molar-refractivity contribution in [2.24, 2.45) is 16.6 Å². The third kappa shape index (κ3) is 3.41. The normalized spacial score (nSPS) is 17.2. The third-order valence-electron chi connectivity index (χ3n) is 3.37. The van der Waals surface area contributed by atoms with Crippen molar-refractivity contribution < 1.29 is 10.0 Å². The Morgan fingerprint density at radius 1 is 1.55 bits per heavy atom. The maximum absolute atomic E-state index is 10.5. The van der Waals surface area contributed by atoms with Crippen molar-refractivity contribution in [1.29, 1.82) is 0 Å². The summed E-state index contributed by atoms with van der Waals surface area (Å²) in [4.78, 5) is 20.0. The van der Waals surface area contributed by atoms with Crippen molar-refractivity contribution >= 4 is 17.5 Å². The van der Waals surface area contributed by atoms with Crippen molar-refractivity contribution in [1.82, 2.24) is 9.88 Å². The molecule has 108 valence electrons. The summed E-state index contributed by atoms with van der Waals surface area (Å²) in [6, 6.07) is 2.81. The molecule has 1 aliphatic rings. The SMILES string of the molecule is NC(=Nc1ccc([N+](=O)[O-])cn1)N1CCC(CO)CC1. The zero-order chi connectivity index (χ0) is 14.5. The number of hydrogen-bond acceptors (Lipinski definition) is 5. The van der Waals surface area contributed by atoms with Gasteiger partial charge >= 0.3 is 0 Å². The van der Waals surface area contributed by atoms with E-state index in [0.717, 1.165) is 32.1 Å². The molecule has 1 fully saturated rings. The number of nitrogens with two attached hydrogens (primary N) is 1. The Morgan fingerprint density at radius 3 is 2.75 bits per heavy atom. The summed E-state index contributed by atoms with van der Waals surface area (Å²) in [6.45, 7) is 1.69. The van der Waals surface area contributed by atoms with Crippen LogP contribution in [0, 0.1) is 16.0 Å². The van der Waals surface area contributed by atoms with Gasteiger partial charge in [0.1, 0.15) is 6.20 Å². The Bertz CT molecular complexity index is 494. The first-order valence-electron chi connectivity index (χ1n) is 6.40. The summed E-state index contributed by atoms with van der Waals surface area (Å²) < 4.78 is 0. The van der Waals surface area contributed by atoms with Crippen molar-refractivity contribution in [2.75, 3.05) is 19.7 Å². The molecule has 0 amide bonds. The van der Waals surface area contributed by atoms with Gasteiger partial charge in [0.15, 0.2) is 11.8 Å². The summed E-state index contributed by atoms with van der Waals surface area (Å²) in [5.74, 6) is 1.02. The first-order chi connectivity index (χ1) is 9.60. The van der Waals surface area contributed by atoms with Crippen molar-refractivity contribution in [3.05, 3.63) is 28.4 Å². The van der Waals surface area contributed by atoms with Crippen LogP contribution in [0.1, 0.15) is 12.8 Å². The van der Waals surface area contributed by atoms with Gasteiger partial charge in [-0.05, 0) is 24.8 Å². The second kappa shape index (κ2) is 6.29. The Kier molecular flexibility index (Phi) is 4.46. The van der Waals surface area contributed by atoms with E-state index in [1.165, 1.54) is 12.1 Å². The topological polar surface area (TPSA) is 118 Å². The molecule has 0 bridgehead atoms. The van der Waals surface area contributed by atoms with Gasteiger partial charge in [-0.1, -0.05) is 0 Å². The molecule has 2 rings (SSSR count). The van der Waals surface area contributed by atoms with E-state index in [-0.39, 0.29) is 12.3 Å². The number of aliphatic hydroxyl groups is 1. The molecular formula is C12H17N5O3. The predicted octanol–water partition coefficient (Wildman–Crippen LogP) is 0.640. The molecule has 0 radical (unpaired) electrons. The second-order valence-electron chi connectivity index (χ2n) is 4.71. The maximum Gasteiger partial charge on any atom is 0.287 e. The zero-order valence-electron chi connectivity index (χ0n) is 11.0. The lowest BCUT2D eigenvalue weighted by atomic mass is 9.98. The number of nitrogens with zero attached hydrogens (tertiary/aromatic N) is 4. The van der Waals surface area contributed by atoms with Crippen LogP contribution in [0.5, 0.6) is 0 Å². The lowest BCUT2D eigenvalue weighted by molar-refractivity contribution is -0.385. The summed E-state index contributed by atoms with van der Waals surface area (Å²) >= 11 is 0. The van der Waals surface area contributed by atoms with E-state index in [1.807, 2.05) is 4.90 Å². The fourth-order valence-corrected chi connectivity index (χ4v) is 2.09. The van der Waals surface area contributed by atoms with E-state index in [9.17, 15) is 10.1 Å². The van der Waals surface area contributed by atoms with Gasteiger partial charge in [-0.25, -0.2) is 4.98 Å². The molecule has 0 atom stereocenters. The molecule has 0 aliphatic carbocycles. The van der Waals surface area contributed by atoms with Crippen molar-refractivity contribution in [3.8, 4) is 0 Å². The first kappa shape index (κ1) is 14.2. The van der Waals surface area contributed by atoms with Crippen LogP contribution in [-0.4, -0.2) is 45.6 Å². The lowest BCUT2D eigenvalue weighted by Gasteiger charge is -2.31. The van der Waals surface area contributed by atoms with Crippen LogP contribution in [0.4, 0.5) is 11.5 Å². The number of piperidine rings is 1. The molecule has 0 saturated carbocycles. The Labute approximate surface area is 116 Å². The van der Waals surface area contributed by atoms with Gasteiger partial charge in [0, 0.05) is 25.8 Å². The van der Waals surface area contributed by atoms with Crippen LogP contribution in [0.25, 0.3) is 0 Å². The molecule has 1 aromatic heterocycles. The molecule has 3 N–H and O–H groups in total. The van der Waals surface area contributed by atoms with Crippen LogP contribution >= 0.6 is 0 Å². The van der Waals surface area contributed by atoms with Gasteiger partial charge in [0.2, 0.25) is 0 Å². The highest BCUT2D eigenvalue weighted by Crippen LogP contribution is 2.18. The lowest BCUT2D eigenvalue weighted by Crippen LogP contribution is -2.43. The molecule has 20 heavy (non-hydrogen) atoms. The maximum atomic E-state index is 10.5. The van der Waals surface area contributed by atoms with Crippen molar-refractivity contribution in [3.63, 3.8) is 0 Å². The van der Waals surface area contributed by atoms with Crippen LogP contribution in [0.3, 0.4) is 0 Å². The van der Waals surface area contributed by atoms with Gasteiger partial charge in [-0.2, -0.15) is 4.99 Å². The summed E-state index contributed by atoms with van der Waals surface area (Å²) in [6.07, 6.45) is 2.91. The number of aliphatic hydroxyl groups excluding tert-OH is 1. The molecule has 8 nitrogen and oxygen atoms in total. The number of guanidine groups is 1. The summed E-state index contributed by atoms with van der Waals surface area (Å²) in [5.41, 5.74) is 5.83. The molecule has 1 saturated heterocycles. The second-order valence-corrected chi connectivity index (χ2v) is 4.71. The highest BCUT2D eigenvalue weighted by molar-refractivity contribution is 5.80. The van der Waals surface area contributed by atoms with Crippen LogP contribution in [-0.2, 0) is 0 Å². The van der Waals surface area contributed by atoms with Gasteiger partial charge in [0.05, 0.1) is 4.92 Å². The summed E-state index contributed by atoms with van der Waals surface area (Å²) in [5, 5.41) is 19.6. The largest absolute Gasteiger partial charge is 0.396 e. The smallest absolute Gasteiger partial charge is 0.287 e. The molecule has 2 heterocycles. The number of hydrogen-bond donors (Lipinski definition) is 2. The number of pyridine rings is 1. The number of aliphatic imine (C=N–C) groups is 1. The minimum atomic E-state index is -0.510. The third-order valence-corrected chi connectivity index (χ3v) is 3.37. The minimum absolute atomic E-state index is 0.0775. The highest BCUT2D eigenvalue weighted by Gasteiger charge is 2.19. The molecule has 8 heteroatoms. The van der Waals surface area contributed by atoms with E-state index < -0.39 is 4.92 Å². The minimum Gasteiger partial charge on any atom is -0.396 e. The van der Waals surface area contributed by atoms with Gasteiger partial charge in [-0.3, -0.25) is 10.1 Å². The zero-order valence-corrected chi connectivity index (χ0v) is 11.0. The molecule has 0 aromatic carbocycles. The molecule has 1 aliphatic heterocycles. The van der Waals surface area contributed by atoms with Crippen LogP contribution < -0.4 is 5.73 Å². The molecule has 0 spiro atoms. The average Bonchev–Trinajstić information content (AvgIpc) is 2.48. The van der Waals surface area contributed by atoms with Crippen molar-refractivity contribution in [2.45, 2.75) is 12.8 Å². The summed E-state index contributed by atoms with van der Waals surface area (Å²) in [7, 11) is 0. The van der Waals surface area contributed by atoms with E-state index in [2.05, 4.69) is 9.98 Å². The average molecular weight is 279 g/mol. The monoisotopic (exact) mass is 279 g/mol. The predicted molar refractivity (Wildman–Crippen MR) is 73.6 cm³/mol. The number of rotatable bonds is 3. The number of nitro groups is 1. The standard InChI is InChI=1S/C12H17N5O3/c13-12(16-5-3-9(8-18)4-6-16)15-11-2-1-10(7-14-11)17(19)20/h1-2,7,9,18H,3-6,8H2,(H2,13,14,15). The van der Waals surface area contributed by atoms with Crippen LogP contribution in [0.2, 0.25) is 0 Å². The Balaban J connectivity index is 2.01. The molecule has 1 aromatic rings. The van der Waals surface area contributed by atoms with Crippen LogP contribution in [0.15, 0.2) is 23.3 Å². The fourth-order valence-electron chi connectivity index (χ4n) is 2.09. The Hall–Kier alpha value is -2.22. The highest BCUT2D eigenvalue weighted by atomic mass is 16.6. The van der Waals surface area contributed by atoms with Gasteiger partial charge in [0.25, 0.3) is 5.69 Å². The molecule has 0 unspecified atom stereocenters. The van der Waals surface area contributed by atoms with E-state index in [4.69, 9.17) is 10.8 Å². The number of aromatic nitrogens is 1. The van der Waals surface area contributed by atoms with E-state index in [0.29, 0.717) is 17.7 Å². The number of likely N-dealkylation sites (tertiary alicyclic amines) is 1. The van der Waals surface area contributed by atoms with Gasteiger partial charge < -0.3 is 15.7 Å². The fraction of sp³-hybridized carbons (Fsp3) is 0.500. The van der Waals surface area contributed by atoms with Gasteiger partial charge in [-0.15, -0.1) is 0 Å². The van der Waals surface area contributed by atoms with E-state index in [1.54, 1.807) is 0 Å². The Morgan fingerprint density at radius 2 is 2.25 bits per heavy atom. The van der Waals surface area contributed by atoms with E-state index >= 15 is 0 Å². The first-order valence-corrected chi connectivity index (χ1v) is 6.40.